The molecule has 0 aromatic rings. The average Bonchev–Trinajstić information content (AvgIpc) is 2.31. The van der Waals surface area contributed by atoms with E-state index in [9.17, 15) is 4.79 Å². The predicted molar refractivity (Wildman–Crippen MR) is 57.9 cm³/mol. The molecule has 0 bridgehead atoms. The summed E-state index contributed by atoms with van der Waals surface area (Å²) >= 11 is 0. The monoisotopic (exact) mass is 190 g/mol. The van der Waals surface area contributed by atoms with Crippen LogP contribution in [0.25, 0.3) is 0 Å². The molecule has 3 atom stereocenters. The van der Waals surface area contributed by atoms with Crippen molar-refractivity contribution in [1.82, 2.24) is 0 Å². The summed E-state index contributed by atoms with van der Waals surface area (Å²) in [5, 5.41) is 0. The lowest BCUT2D eigenvalue weighted by atomic mass is 9.86. The third-order valence-corrected chi connectivity index (χ3v) is 3.81. The van der Waals surface area contributed by atoms with Gasteiger partial charge in [-0.3, -0.25) is 4.79 Å². The third kappa shape index (κ3) is 1.45. The highest BCUT2D eigenvalue weighted by Gasteiger charge is 2.40. The lowest BCUT2D eigenvalue weighted by Crippen LogP contribution is -2.10. The molecule has 0 N–H and O–H groups in total. The average molecular weight is 190 g/mol. The molecule has 0 amide bonds. The highest BCUT2D eigenvalue weighted by atomic mass is 16.1. The van der Waals surface area contributed by atoms with Crippen molar-refractivity contribution in [2.45, 2.75) is 33.1 Å². The Kier molecular flexibility index (Phi) is 2.58. The molecule has 14 heavy (non-hydrogen) atoms. The normalized spacial score (nSPS) is 43.4. The molecule has 1 unspecified atom stereocenters. The molecular weight excluding hydrogens is 172 g/mol. The van der Waals surface area contributed by atoms with E-state index < -0.39 is 0 Å². The van der Waals surface area contributed by atoms with Crippen LogP contribution < -0.4 is 0 Å². The molecule has 1 saturated carbocycles. The van der Waals surface area contributed by atoms with E-state index in [2.05, 4.69) is 32.1 Å². The van der Waals surface area contributed by atoms with Crippen molar-refractivity contribution >= 4 is 5.78 Å². The van der Waals surface area contributed by atoms with Gasteiger partial charge in [-0.05, 0) is 36.7 Å². The lowest BCUT2D eigenvalue weighted by Gasteiger charge is -2.17. The Morgan fingerprint density at radius 1 is 1.29 bits per heavy atom. The SMILES string of the molecule is C[C@H]1C(=O)/C2=C/C/C=C\CCC2[C@@H]1C. The smallest absolute Gasteiger partial charge is 0.161 e. The predicted octanol–water partition coefficient (Wildman–Crippen LogP) is 3.12. The molecule has 2 rings (SSSR count). The van der Waals surface area contributed by atoms with E-state index >= 15 is 0 Å². The van der Waals surface area contributed by atoms with Gasteiger partial charge >= 0.3 is 0 Å². The number of ketones is 1. The van der Waals surface area contributed by atoms with E-state index in [0.717, 1.165) is 24.8 Å². The van der Waals surface area contributed by atoms with Crippen molar-refractivity contribution in [3.05, 3.63) is 23.8 Å². The minimum Gasteiger partial charge on any atom is -0.294 e. The van der Waals surface area contributed by atoms with Crippen LogP contribution in [-0.4, -0.2) is 5.78 Å². The van der Waals surface area contributed by atoms with Gasteiger partial charge in [0.1, 0.15) is 0 Å². The Bertz CT molecular complexity index is 298. The number of allylic oxidation sites excluding steroid dienone is 4. The first kappa shape index (κ1) is 9.70. The molecule has 0 aliphatic heterocycles. The van der Waals surface area contributed by atoms with Gasteiger partial charge in [-0.15, -0.1) is 0 Å². The van der Waals surface area contributed by atoms with Crippen molar-refractivity contribution in [2.24, 2.45) is 17.8 Å². The van der Waals surface area contributed by atoms with Gasteiger partial charge in [-0.2, -0.15) is 0 Å². The summed E-state index contributed by atoms with van der Waals surface area (Å²) in [4.78, 5) is 11.9. The first-order valence-corrected chi connectivity index (χ1v) is 5.61. The Balaban J connectivity index is 2.30. The molecule has 0 aromatic carbocycles. The molecule has 1 heteroatoms. The zero-order valence-electron chi connectivity index (χ0n) is 8.99. The fourth-order valence-corrected chi connectivity index (χ4v) is 2.67. The summed E-state index contributed by atoms with van der Waals surface area (Å²) in [6.45, 7) is 4.30. The molecule has 0 saturated heterocycles. The second-order valence-corrected chi connectivity index (χ2v) is 4.56. The number of carbonyl (C=O) groups is 1. The van der Waals surface area contributed by atoms with Gasteiger partial charge in [-0.1, -0.05) is 32.1 Å². The maximum atomic E-state index is 11.9. The molecule has 0 aromatic heterocycles. The van der Waals surface area contributed by atoms with Crippen molar-refractivity contribution in [1.29, 1.82) is 0 Å². The number of carbonyl (C=O) groups excluding carboxylic acids is 1. The first-order chi connectivity index (χ1) is 6.72. The van der Waals surface area contributed by atoms with Crippen molar-refractivity contribution in [3.8, 4) is 0 Å². The molecule has 0 heterocycles. The van der Waals surface area contributed by atoms with E-state index in [1.165, 1.54) is 0 Å². The van der Waals surface area contributed by atoms with E-state index in [1.807, 2.05) is 0 Å². The quantitative estimate of drug-likeness (QED) is 0.536. The molecule has 1 fully saturated rings. The van der Waals surface area contributed by atoms with Gasteiger partial charge in [0, 0.05) is 5.92 Å². The van der Waals surface area contributed by atoms with Crippen molar-refractivity contribution < 1.29 is 4.79 Å². The number of hydrogen-bond donors (Lipinski definition) is 0. The first-order valence-electron chi connectivity index (χ1n) is 5.61. The summed E-state index contributed by atoms with van der Waals surface area (Å²) in [5.41, 5.74) is 1.12. The van der Waals surface area contributed by atoms with Crippen LogP contribution in [0.5, 0.6) is 0 Å². The number of fused-ring (bicyclic) bond motifs is 1. The van der Waals surface area contributed by atoms with Crippen LogP contribution in [0.2, 0.25) is 0 Å². The zero-order valence-corrected chi connectivity index (χ0v) is 8.99. The van der Waals surface area contributed by atoms with E-state index in [4.69, 9.17) is 0 Å². The van der Waals surface area contributed by atoms with Crippen LogP contribution in [-0.2, 0) is 4.79 Å². The Morgan fingerprint density at radius 3 is 2.86 bits per heavy atom. The fraction of sp³-hybridized carbons (Fsp3) is 0.615. The summed E-state index contributed by atoms with van der Waals surface area (Å²) < 4.78 is 0. The molecule has 0 radical (unpaired) electrons. The van der Waals surface area contributed by atoms with Crippen LogP contribution >= 0.6 is 0 Å². The number of hydrogen-bond acceptors (Lipinski definition) is 1. The van der Waals surface area contributed by atoms with E-state index in [-0.39, 0.29) is 5.92 Å². The lowest BCUT2D eigenvalue weighted by molar-refractivity contribution is -0.117. The van der Waals surface area contributed by atoms with Crippen LogP contribution in [0, 0.1) is 17.8 Å². The summed E-state index contributed by atoms with van der Waals surface area (Å²) in [7, 11) is 0. The van der Waals surface area contributed by atoms with Crippen LogP contribution in [0.3, 0.4) is 0 Å². The highest BCUT2D eigenvalue weighted by Crippen LogP contribution is 2.41. The summed E-state index contributed by atoms with van der Waals surface area (Å²) in [6.07, 6.45) is 9.78. The van der Waals surface area contributed by atoms with Gasteiger partial charge in [0.25, 0.3) is 0 Å². The molecule has 1 nitrogen and oxygen atoms in total. The van der Waals surface area contributed by atoms with E-state index in [0.29, 0.717) is 17.6 Å². The second-order valence-electron chi connectivity index (χ2n) is 4.56. The zero-order chi connectivity index (χ0) is 10.1. The van der Waals surface area contributed by atoms with Crippen molar-refractivity contribution in [2.75, 3.05) is 0 Å². The maximum absolute atomic E-state index is 11.9. The Hall–Kier alpha value is -0.850. The fourth-order valence-electron chi connectivity index (χ4n) is 2.67. The van der Waals surface area contributed by atoms with Gasteiger partial charge in [0.05, 0.1) is 0 Å². The number of Topliss-reactive ketones (excluding diaryl/α,β-unsaturated/α-hetero) is 1. The third-order valence-electron chi connectivity index (χ3n) is 3.81. The van der Waals surface area contributed by atoms with Crippen LogP contribution in [0.1, 0.15) is 33.1 Å². The Morgan fingerprint density at radius 2 is 2.07 bits per heavy atom. The maximum Gasteiger partial charge on any atom is 0.161 e. The van der Waals surface area contributed by atoms with Gasteiger partial charge in [0.15, 0.2) is 5.78 Å². The topological polar surface area (TPSA) is 17.1 Å². The second kappa shape index (κ2) is 3.72. The molecule has 2 aliphatic carbocycles. The molecular formula is C13H18O. The van der Waals surface area contributed by atoms with Crippen LogP contribution in [0.4, 0.5) is 0 Å². The summed E-state index contributed by atoms with van der Waals surface area (Å²) in [5.74, 6) is 1.71. The highest BCUT2D eigenvalue weighted by molar-refractivity contribution is 6.00. The largest absolute Gasteiger partial charge is 0.294 e. The minimum atomic E-state index is 0.240. The minimum absolute atomic E-state index is 0.240. The van der Waals surface area contributed by atoms with Gasteiger partial charge in [-0.25, -0.2) is 0 Å². The Labute approximate surface area is 85.9 Å². The van der Waals surface area contributed by atoms with Gasteiger partial charge in [0.2, 0.25) is 0 Å². The number of rotatable bonds is 0. The van der Waals surface area contributed by atoms with Crippen molar-refractivity contribution in [3.63, 3.8) is 0 Å². The standard InChI is InChI=1S/C13H18O/c1-9-10(2)13(14)12-8-6-4-3-5-7-11(9)12/h3-4,8-11H,5-7H2,1-2H3/b4-3-,12-8+/t9-,10-,11?/m1/s1. The van der Waals surface area contributed by atoms with Crippen LogP contribution in [0.15, 0.2) is 23.8 Å². The molecule has 0 spiro atoms. The van der Waals surface area contributed by atoms with E-state index in [1.54, 1.807) is 0 Å². The molecule has 2 aliphatic rings. The van der Waals surface area contributed by atoms with Gasteiger partial charge < -0.3 is 0 Å². The summed E-state index contributed by atoms with van der Waals surface area (Å²) in [6, 6.07) is 0. The molecule has 76 valence electrons.